The zero-order valence-corrected chi connectivity index (χ0v) is 18.4. The van der Waals surface area contributed by atoms with Crippen LogP contribution in [0.25, 0.3) is 16.6 Å². The van der Waals surface area contributed by atoms with Gasteiger partial charge in [-0.15, -0.1) is 0 Å². The molecule has 0 fully saturated rings. The van der Waals surface area contributed by atoms with Crippen molar-refractivity contribution >= 4 is 49.7 Å². The summed E-state index contributed by atoms with van der Waals surface area (Å²) >= 11 is 0. The van der Waals surface area contributed by atoms with Gasteiger partial charge in [-0.25, -0.2) is 4.98 Å². The van der Waals surface area contributed by atoms with Gasteiger partial charge in [0.15, 0.2) is 5.82 Å². The molecule has 4 rings (SSSR count). The fraction of sp³-hybridized carbons (Fsp3) is 0.100. The molecule has 0 saturated carbocycles. The van der Waals surface area contributed by atoms with Gasteiger partial charge in [-0.05, 0) is 31.2 Å². The number of benzene rings is 2. The van der Waals surface area contributed by atoms with Crippen LogP contribution in [-0.2, 0) is 16.7 Å². The van der Waals surface area contributed by atoms with Gasteiger partial charge in [0.1, 0.15) is 17.4 Å². The fourth-order valence-corrected chi connectivity index (χ4v) is 4.10. The van der Waals surface area contributed by atoms with Gasteiger partial charge in [0.05, 0.1) is 44.0 Å². The van der Waals surface area contributed by atoms with Gasteiger partial charge in [0, 0.05) is 11.6 Å². The number of hydrogen-bond acceptors (Lipinski definition) is 10. The van der Waals surface area contributed by atoms with Crippen LogP contribution in [0.3, 0.4) is 0 Å². The highest BCUT2D eigenvalue weighted by Gasteiger charge is 2.32. The number of carbonyl (C=O) groups is 1. The van der Waals surface area contributed by atoms with E-state index >= 15 is 0 Å². The van der Waals surface area contributed by atoms with Crippen molar-refractivity contribution in [2.24, 2.45) is 4.99 Å². The highest BCUT2D eigenvalue weighted by Crippen LogP contribution is 2.31. The molecule has 0 amide bonds. The average Bonchev–Trinajstić information content (AvgIpc) is 3.17. The molecule has 1 N–H and O–H groups in total. The Hall–Kier alpha value is -4.81. The second-order valence-corrected chi connectivity index (χ2v) is 8.73. The quantitative estimate of drug-likeness (QED) is 0.310. The second kappa shape index (κ2) is 8.20. The highest BCUT2D eigenvalue weighted by molar-refractivity contribution is 7.85. The minimum atomic E-state index is -4.54. The number of carbonyl (C=O) groups excluding carboxylic acids is 1. The first kappa shape index (κ1) is 23.4. The summed E-state index contributed by atoms with van der Waals surface area (Å²) < 4.78 is 33.2. The molecule has 15 heteroatoms. The Morgan fingerprint density at radius 2 is 1.89 bits per heavy atom. The maximum atomic E-state index is 13.3. The number of nitro benzene ring substituents is 2. The molecule has 1 aliphatic heterocycles. The van der Waals surface area contributed by atoms with Gasteiger partial charge < -0.3 is 0 Å². The van der Waals surface area contributed by atoms with Crippen LogP contribution in [0.4, 0.5) is 11.4 Å². The lowest BCUT2D eigenvalue weighted by Crippen LogP contribution is -2.29. The Morgan fingerprint density at radius 3 is 2.49 bits per heavy atom. The van der Waals surface area contributed by atoms with E-state index in [9.17, 15) is 43.3 Å². The van der Waals surface area contributed by atoms with Crippen LogP contribution < -0.4 is 0 Å². The molecule has 3 aromatic rings. The molecule has 0 atom stereocenters. The summed E-state index contributed by atoms with van der Waals surface area (Å²) in [5.74, 6) is -0.777. The fourth-order valence-electron chi connectivity index (χ4n) is 3.60. The Kier molecular flexibility index (Phi) is 5.47. The first-order valence-electron chi connectivity index (χ1n) is 9.56. The lowest BCUT2D eigenvalue weighted by atomic mass is 10.0. The third kappa shape index (κ3) is 3.92. The lowest BCUT2D eigenvalue weighted by Gasteiger charge is -2.17. The van der Waals surface area contributed by atoms with Crippen LogP contribution in [0.1, 0.15) is 23.1 Å². The van der Waals surface area contributed by atoms with Crippen LogP contribution in [0.15, 0.2) is 51.9 Å². The molecule has 0 bridgehead atoms. The third-order valence-corrected chi connectivity index (χ3v) is 6.13. The standard InChI is InChI=1S/C20H12N6O8S/c1-10-14(8-21)19-23-15-7-13(35(32,33)34)4-5-16(15)24(19)20(27)18(10)22-9-11-2-3-12(25(28)29)6-17(11)26(30)31/h2-7H,9H2,1H3,(H,32,33,34). The maximum absolute atomic E-state index is 13.3. The molecule has 2 aromatic carbocycles. The number of aliphatic imine (C=N–C) groups is 1. The van der Waals surface area contributed by atoms with Crippen LogP contribution in [-0.4, -0.2) is 44.0 Å². The average molecular weight is 496 g/mol. The highest BCUT2D eigenvalue weighted by atomic mass is 32.2. The van der Waals surface area contributed by atoms with Crippen LogP contribution in [0, 0.1) is 31.6 Å². The van der Waals surface area contributed by atoms with Crippen molar-refractivity contribution in [3.8, 4) is 6.07 Å². The minimum Gasteiger partial charge on any atom is -0.282 e. The molecule has 1 aliphatic rings. The molecule has 0 radical (unpaired) electrons. The Morgan fingerprint density at radius 1 is 1.17 bits per heavy atom. The zero-order chi connectivity index (χ0) is 25.7. The van der Waals surface area contributed by atoms with Gasteiger partial charge >= 0.3 is 0 Å². The summed E-state index contributed by atoms with van der Waals surface area (Å²) in [6, 6.07) is 8.29. The van der Waals surface area contributed by atoms with E-state index in [-0.39, 0.29) is 45.8 Å². The van der Waals surface area contributed by atoms with E-state index in [1.54, 1.807) is 0 Å². The van der Waals surface area contributed by atoms with Crippen LogP contribution in [0.5, 0.6) is 0 Å². The Bertz CT molecular complexity index is 1690. The van der Waals surface area contributed by atoms with E-state index in [1.807, 2.05) is 6.07 Å². The van der Waals surface area contributed by atoms with Crippen LogP contribution >= 0.6 is 0 Å². The number of imidazole rings is 1. The van der Waals surface area contributed by atoms with Crippen molar-refractivity contribution in [3.63, 3.8) is 0 Å². The number of nitro groups is 2. The Balaban J connectivity index is 1.84. The van der Waals surface area contributed by atoms with Gasteiger partial charge in [-0.3, -0.25) is 39.1 Å². The van der Waals surface area contributed by atoms with Gasteiger partial charge in [-0.2, -0.15) is 13.7 Å². The van der Waals surface area contributed by atoms with E-state index in [0.717, 1.165) is 34.9 Å². The van der Waals surface area contributed by atoms with Crippen molar-refractivity contribution in [1.29, 1.82) is 5.26 Å². The predicted molar refractivity (Wildman–Crippen MR) is 119 cm³/mol. The summed E-state index contributed by atoms with van der Waals surface area (Å²) in [6.07, 6.45) is 0. The van der Waals surface area contributed by atoms with E-state index in [2.05, 4.69) is 9.98 Å². The summed E-state index contributed by atoms with van der Waals surface area (Å²) in [6.45, 7) is 1.05. The number of allylic oxidation sites excluding steroid dienone is 2. The summed E-state index contributed by atoms with van der Waals surface area (Å²) in [7, 11) is -4.54. The van der Waals surface area contributed by atoms with Crippen molar-refractivity contribution in [2.45, 2.75) is 18.4 Å². The zero-order valence-electron chi connectivity index (χ0n) is 17.6. The van der Waals surface area contributed by atoms with Crippen molar-refractivity contribution in [1.82, 2.24) is 9.55 Å². The van der Waals surface area contributed by atoms with Crippen molar-refractivity contribution in [3.05, 3.63) is 73.6 Å². The van der Waals surface area contributed by atoms with Crippen molar-refractivity contribution < 1.29 is 27.6 Å². The number of hydrogen-bond donors (Lipinski definition) is 1. The maximum Gasteiger partial charge on any atom is 0.294 e. The summed E-state index contributed by atoms with van der Waals surface area (Å²) in [5, 5.41) is 32.0. The topological polar surface area (TPSA) is 212 Å². The second-order valence-electron chi connectivity index (χ2n) is 7.31. The smallest absolute Gasteiger partial charge is 0.282 e. The van der Waals surface area contributed by atoms with E-state index in [4.69, 9.17) is 0 Å². The number of fused-ring (bicyclic) bond motifs is 3. The molecule has 0 spiro atoms. The van der Waals surface area contributed by atoms with Crippen LogP contribution in [0.2, 0.25) is 0 Å². The van der Waals surface area contributed by atoms with E-state index in [0.29, 0.717) is 0 Å². The molecule has 176 valence electrons. The normalized spacial score (nSPS) is 14.8. The monoisotopic (exact) mass is 496 g/mol. The molecule has 0 saturated heterocycles. The SMILES string of the molecule is CC1=C(C#N)c2nc3cc(S(=O)(=O)O)ccc3n2C(=O)C1=NCc1ccc([N+](=O)[O-])cc1[N+](=O)[O-]. The molecule has 0 aliphatic carbocycles. The van der Waals surface area contributed by atoms with Crippen molar-refractivity contribution in [2.75, 3.05) is 0 Å². The molecular weight excluding hydrogens is 484 g/mol. The van der Waals surface area contributed by atoms with E-state index in [1.165, 1.54) is 13.0 Å². The molecule has 1 aromatic heterocycles. The number of non-ortho nitro benzene ring substituents is 1. The number of aromatic nitrogens is 2. The van der Waals surface area contributed by atoms with Gasteiger partial charge in [0.25, 0.3) is 27.4 Å². The molecule has 2 heterocycles. The predicted octanol–water partition coefficient (Wildman–Crippen LogP) is 2.69. The molecule has 0 unspecified atom stereocenters. The van der Waals surface area contributed by atoms with E-state index < -0.39 is 42.1 Å². The summed E-state index contributed by atoms with van der Waals surface area (Å²) in [5.41, 5.74) is -0.955. The van der Waals surface area contributed by atoms with Gasteiger partial charge in [-0.1, -0.05) is 0 Å². The minimum absolute atomic E-state index is 0.00582. The molecule has 14 nitrogen and oxygen atoms in total. The lowest BCUT2D eigenvalue weighted by molar-refractivity contribution is -0.394. The van der Waals surface area contributed by atoms with Gasteiger partial charge in [0.2, 0.25) is 0 Å². The summed E-state index contributed by atoms with van der Waals surface area (Å²) in [4.78, 5) is 41.9. The Labute approximate surface area is 195 Å². The first-order valence-corrected chi connectivity index (χ1v) is 11.0. The molecule has 35 heavy (non-hydrogen) atoms. The molecular formula is C20H12N6O8S. The number of nitrogens with zero attached hydrogens (tertiary/aromatic N) is 6. The number of nitriles is 1. The largest absolute Gasteiger partial charge is 0.294 e. The first-order chi connectivity index (χ1) is 16.4. The third-order valence-electron chi connectivity index (χ3n) is 5.28. The number of rotatable bonds is 5.